The van der Waals surface area contributed by atoms with Crippen LogP contribution >= 0.6 is 0 Å². The van der Waals surface area contributed by atoms with Gasteiger partial charge in [-0.15, -0.1) is 0 Å². The van der Waals surface area contributed by atoms with Gasteiger partial charge in [0.05, 0.1) is 17.4 Å². The molecule has 1 aliphatic carbocycles. The number of fused-ring (bicyclic) bond motifs is 1. The first-order chi connectivity index (χ1) is 12.5. The lowest BCUT2D eigenvalue weighted by atomic mass is 10.00. The highest BCUT2D eigenvalue weighted by molar-refractivity contribution is 6.07. The van der Waals surface area contributed by atoms with Crippen molar-refractivity contribution in [2.75, 3.05) is 6.54 Å². The number of aryl methyl sites for hydroxylation is 3. The lowest BCUT2D eigenvalue weighted by molar-refractivity contribution is 0.0944. The van der Waals surface area contributed by atoms with E-state index in [2.05, 4.69) is 39.8 Å². The molecule has 2 heterocycles. The maximum atomic E-state index is 12.9. The highest BCUT2D eigenvalue weighted by Gasteiger charge is 2.43. The van der Waals surface area contributed by atoms with Gasteiger partial charge in [0.1, 0.15) is 0 Å². The minimum absolute atomic E-state index is 0.0133. The van der Waals surface area contributed by atoms with Gasteiger partial charge in [-0.3, -0.25) is 9.78 Å². The van der Waals surface area contributed by atoms with Crippen LogP contribution in [-0.4, -0.2) is 27.0 Å². The number of pyridine rings is 1. The standard InChI is InChI=1S/C21H24N4O/c1-14-4-5-17-18(10-15(2)24-19(17)16(14)3)20(26)23-11-21(6-7-21)12-25-9-8-22-13-25/h4-5,8-10,13H,6-7,11-12H2,1-3H3,(H,23,26). The Kier molecular flexibility index (Phi) is 4.02. The third kappa shape index (κ3) is 3.09. The first-order valence-corrected chi connectivity index (χ1v) is 9.09. The maximum Gasteiger partial charge on any atom is 0.252 e. The van der Waals surface area contributed by atoms with E-state index in [1.807, 2.05) is 31.6 Å². The van der Waals surface area contributed by atoms with Crippen LogP contribution in [0, 0.1) is 26.2 Å². The summed E-state index contributed by atoms with van der Waals surface area (Å²) in [5.74, 6) is -0.0133. The van der Waals surface area contributed by atoms with Gasteiger partial charge in [-0.2, -0.15) is 0 Å². The van der Waals surface area contributed by atoms with Crippen molar-refractivity contribution in [2.45, 2.75) is 40.2 Å². The fourth-order valence-electron chi connectivity index (χ4n) is 3.54. The number of aromatic nitrogens is 3. The van der Waals surface area contributed by atoms with Crippen LogP contribution in [-0.2, 0) is 6.54 Å². The molecule has 0 radical (unpaired) electrons. The summed E-state index contributed by atoms with van der Waals surface area (Å²) >= 11 is 0. The second-order valence-corrected chi connectivity index (χ2v) is 7.63. The topological polar surface area (TPSA) is 59.8 Å². The van der Waals surface area contributed by atoms with Gasteiger partial charge in [0, 0.05) is 42.0 Å². The molecule has 0 bridgehead atoms. The molecule has 5 nitrogen and oxygen atoms in total. The summed E-state index contributed by atoms with van der Waals surface area (Å²) in [4.78, 5) is 21.7. The summed E-state index contributed by atoms with van der Waals surface area (Å²) in [6, 6.07) is 5.96. The van der Waals surface area contributed by atoms with Gasteiger partial charge in [-0.05, 0) is 50.8 Å². The number of imidazole rings is 1. The SMILES string of the molecule is Cc1cc(C(=O)NCC2(Cn3ccnc3)CC2)c2ccc(C)c(C)c2n1. The average molecular weight is 348 g/mol. The number of benzene rings is 1. The normalized spacial score (nSPS) is 15.2. The summed E-state index contributed by atoms with van der Waals surface area (Å²) in [7, 11) is 0. The minimum atomic E-state index is -0.0133. The molecular formula is C21H24N4O. The predicted molar refractivity (Wildman–Crippen MR) is 102 cm³/mol. The van der Waals surface area contributed by atoms with E-state index in [-0.39, 0.29) is 11.3 Å². The summed E-state index contributed by atoms with van der Waals surface area (Å²) in [6.45, 7) is 7.68. The van der Waals surface area contributed by atoms with Crippen LogP contribution in [0.3, 0.4) is 0 Å². The Morgan fingerprint density at radius 3 is 2.77 bits per heavy atom. The molecule has 1 aromatic carbocycles. The van der Waals surface area contributed by atoms with Crippen molar-refractivity contribution in [3.05, 3.63) is 59.3 Å². The van der Waals surface area contributed by atoms with Gasteiger partial charge < -0.3 is 9.88 Å². The Balaban J connectivity index is 1.56. The van der Waals surface area contributed by atoms with Crippen LogP contribution < -0.4 is 5.32 Å². The molecule has 3 aromatic rings. The van der Waals surface area contributed by atoms with Crippen LogP contribution in [0.4, 0.5) is 0 Å². The number of carbonyl (C=O) groups is 1. The lowest BCUT2D eigenvalue weighted by Gasteiger charge is -2.17. The van der Waals surface area contributed by atoms with Gasteiger partial charge in [0.2, 0.25) is 0 Å². The Bertz CT molecular complexity index is 971. The van der Waals surface area contributed by atoms with E-state index in [1.165, 1.54) is 5.56 Å². The Labute approximate surface area is 153 Å². The second-order valence-electron chi connectivity index (χ2n) is 7.63. The van der Waals surface area contributed by atoms with Gasteiger partial charge in [0.25, 0.3) is 5.91 Å². The Morgan fingerprint density at radius 2 is 2.08 bits per heavy atom. The van der Waals surface area contributed by atoms with E-state index < -0.39 is 0 Å². The lowest BCUT2D eigenvalue weighted by Crippen LogP contribution is -2.32. The van der Waals surface area contributed by atoms with Crippen LogP contribution in [0.1, 0.15) is 40.0 Å². The molecule has 1 amide bonds. The predicted octanol–water partition coefficient (Wildman–Crippen LogP) is 3.57. The zero-order valence-electron chi connectivity index (χ0n) is 15.5. The fraction of sp³-hybridized carbons (Fsp3) is 0.381. The van der Waals surface area contributed by atoms with Gasteiger partial charge >= 0.3 is 0 Å². The van der Waals surface area contributed by atoms with Crippen molar-refractivity contribution in [2.24, 2.45) is 5.41 Å². The molecule has 1 aliphatic rings. The Morgan fingerprint density at radius 1 is 1.27 bits per heavy atom. The average Bonchev–Trinajstić information content (AvgIpc) is 3.19. The highest BCUT2D eigenvalue weighted by Crippen LogP contribution is 2.46. The quantitative estimate of drug-likeness (QED) is 0.767. The second kappa shape index (κ2) is 6.24. The molecule has 0 saturated heterocycles. The molecule has 26 heavy (non-hydrogen) atoms. The summed E-state index contributed by atoms with van der Waals surface area (Å²) < 4.78 is 2.09. The van der Waals surface area contributed by atoms with E-state index in [0.717, 1.165) is 41.5 Å². The molecule has 1 fully saturated rings. The highest BCUT2D eigenvalue weighted by atomic mass is 16.1. The molecule has 134 valence electrons. The number of amides is 1. The molecular weight excluding hydrogens is 324 g/mol. The summed E-state index contributed by atoms with van der Waals surface area (Å²) in [5, 5.41) is 4.09. The van der Waals surface area contributed by atoms with Crippen LogP contribution in [0.2, 0.25) is 0 Å². The Hall–Kier alpha value is -2.69. The fourth-order valence-corrected chi connectivity index (χ4v) is 3.54. The van der Waals surface area contributed by atoms with Crippen molar-refractivity contribution >= 4 is 16.8 Å². The van der Waals surface area contributed by atoms with Crippen molar-refractivity contribution in [3.63, 3.8) is 0 Å². The van der Waals surface area contributed by atoms with Gasteiger partial charge in [-0.25, -0.2) is 4.98 Å². The van der Waals surface area contributed by atoms with E-state index >= 15 is 0 Å². The number of rotatable bonds is 5. The van der Waals surface area contributed by atoms with E-state index in [9.17, 15) is 4.79 Å². The van der Waals surface area contributed by atoms with Gasteiger partial charge in [0.15, 0.2) is 0 Å². The third-order valence-corrected chi connectivity index (χ3v) is 5.54. The van der Waals surface area contributed by atoms with Crippen molar-refractivity contribution < 1.29 is 4.79 Å². The molecule has 0 spiro atoms. The molecule has 2 aromatic heterocycles. The first-order valence-electron chi connectivity index (χ1n) is 9.09. The first kappa shape index (κ1) is 16.8. The van der Waals surface area contributed by atoms with Crippen molar-refractivity contribution in [1.82, 2.24) is 19.9 Å². The zero-order chi connectivity index (χ0) is 18.3. The van der Waals surface area contributed by atoms with Crippen LogP contribution in [0.25, 0.3) is 10.9 Å². The van der Waals surface area contributed by atoms with E-state index in [1.54, 1.807) is 6.20 Å². The van der Waals surface area contributed by atoms with Crippen LogP contribution in [0.5, 0.6) is 0 Å². The number of hydrogen-bond acceptors (Lipinski definition) is 3. The summed E-state index contributed by atoms with van der Waals surface area (Å²) in [6.07, 6.45) is 7.89. The number of carbonyl (C=O) groups excluding carboxylic acids is 1. The van der Waals surface area contributed by atoms with Crippen LogP contribution in [0.15, 0.2) is 36.9 Å². The molecule has 5 heteroatoms. The van der Waals surface area contributed by atoms with E-state index in [4.69, 9.17) is 0 Å². The van der Waals surface area contributed by atoms with Crippen molar-refractivity contribution in [1.29, 1.82) is 0 Å². The van der Waals surface area contributed by atoms with E-state index in [0.29, 0.717) is 12.1 Å². The molecule has 1 saturated carbocycles. The zero-order valence-corrected chi connectivity index (χ0v) is 15.5. The molecule has 0 unspecified atom stereocenters. The molecule has 1 N–H and O–H groups in total. The molecule has 0 atom stereocenters. The maximum absolute atomic E-state index is 12.9. The summed E-state index contributed by atoms with van der Waals surface area (Å²) in [5.41, 5.74) is 5.01. The third-order valence-electron chi connectivity index (χ3n) is 5.54. The molecule has 4 rings (SSSR count). The monoisotopic (exact) mass is 348 g/mol. The minimum Gasteiger partial charge on any atom is -0.351 e. The largest absolute Gasteiger partial charge is 0.351 e. The van der Waals surface area contributed by atoms with Crippen molar-refractivity contribution in [3.8, 4) is 0 Å². The number of nitrogens with one attached hydrogen (secondary N) is 1. The molecule has 0 aliphatic heterocycles. The van der Waals surface area contributed by atoms with Gasteiger partial charge in [-0.1, -0.05) is 12.1 Å². The number of nitrogens with zero attached hydrogens (tertiary/aromatic N) is 3. The number of hydrogen-bond donors (Lipinski definition) is 1. The smallest absolute Gasteiger partial charge is 0.252 e.